The summed E-state index contributed by atoms with van der Waals surface area (Å²) in [5.41, 5.74) is 1.64. The second-order valence-electron chi connectivity index (χ2n) is 4.12. The zero-order valence-electron chi connectivity index (χ0n) is 10.9. The molecule has 0 fully saturated rings. The molecule has 0 aliphatic carbocycles. The highest BCUT2D eigenvalue weighted by Crippen LogP contribution is 2.38. The van der Waals surface area contributed by atoms with E-state index in [0.29, 0.717) is 11.5 Å². The molecule has 2 rings (SSSR count). The van der Waals surface area contributed by atoms with Crippen molar-refractivity contribution in [3.63, 3.8) is 0 Å². The van der Waals surface area contributed by atoms with Gasteiger partial charge >= 0.3 is 0 Å². The first kappa shape index (κ1) is 14.4. The van der Waals surface area contributed by atoms with Gasteiger partial charge in [-0.1, -0.05) is 15.9 Å². The van der Waals surface area contributed by atoms with Crippen molar-refractivity contribution in [2.45, 2.75) is 13.0 Å². The number of rotatable bonds is 4. The predicted molar refractivity (Wildman–Crippen MR) is 80.4 cm³/mol. The molecule has 1 aromatic heterocycles. The second-order valence-corrected chi connectivity index (χ2v) is 6.09. The zero-order chi connectivity index (χ0) is 14.0. The first-order chi connectivity index (χ1) is 9.06. The van der Waals surface area contributed by atoms with Crippen molar-refractivity contribution in [1.82, 2.24) is 0 Å². The minimum absolute atomic E-state index is 0.603. The molecule has 1 unspecified atom stereocenters. The standard InChI is InChI=1S/C14H15BrO3S/c1-8-4-9(7-19-8)14(16)10-5-12(17-2)13(18-3)6-11(10)15/h4-7,14,16H,1-3H3. The lowest BCUT2D eigenvalue weighted by Gasteiger charge is -2.15. The van der Waals surface area contributed by atoms with Crippen LogP contribution in [0.1, 0.15) is 22.1 Å². The Morgan fingerprint density at radius 3 is 2.32 bits per heavy atom. The Bertz CT molecular complexity index is 580. The van der Waals surface area contributed by atoms with E-state index in [1.54, 1.807) is 37.7 Å². The molecule has 5 heteroatoms. The number of aliphatic hydroxyl groups is 1. The van der Waals surface area contributed by atoms with Crippen LogP contribution in [0.5, 0.6) is 11.5 Å². The van der Waals surface area contributed by atoms with Crippen LogP contribution in [0.2, 0.25) is 0 Å². The summed E-state index contributed by atoms with van der Waals surface area (Å²) in [6.07, 6.45) is -0.681. The van der Waals surface area contributed by atoms with E-state index in [9.17, 15) is 5.11 Å². The molecule has 0 spiro atoms. The van der Waals surface area contributed by atoms with Crippen LogP contribution in [0.3, 0.4) is 0 Å². The van der Waals surface area contributed by atoms with E-state index in [-0.39, 0.29) is 0 Å². The Labute approximate surface area is 124 Å². The molecule has 0 saturated heterocycles. The van der Waals surface area contributed by atoms with E-state index in [4.69, 9.17) is 9.47 Å². The van der Waals surface area contributed by atoms with Crippen molar-refractivity contribution in [3.05, 3.63) is 44.1 Å². The Hall–Kier alpha value is -1.04. The van der Waals surface area contributed by atoms with Gasteiger partial charge in [0, 0.05) is 14.9 Å². The van der Waals surface area contributed by atoms with E-state index in [1.807, 2.05) is 18.4 Å². The molecule has 2 aromatic rings. The summed E-state index contributed by atoms with van der Waals surface area (Å²) < 4.78 is 11.3. The highest BCUT2D eigenvalue weighted by Gasteiger charge is 2.18. The molecule has 1 heterocycles. The summed E-state index contributed by atoms with van der Waals surface area (Å²) in [5.74, 6) is 1.23. The van der Waals surface area contributed by atoms with Gasteiger partial charge in [-0.15, -0.1) is 11.3 Å². The number of methoxy groups -OCH3 is 2. The van der Waals surface area contributed by atoms with Crippen LogP contribution >= 0.6 is 27.3 Å². The van der Waals surface area contributed by atoms with Gasteiger partial charge in [0.1, 0.15) is 6.10 Å². The first-order valence-electron chi connectivity index (χ1n) is 5.71. The first-order valence-corrected chi connectivity index (χ1v) is 7.38. The lowest BCUT2D eigenvalue weighted by Crippen LogP contribution is -2.01. The molecule has 3 nitrogen and oxygen atoms in total. The number of benzene rings is 1. The summed E-state index contributed by atoms with van der Waals surface area (Å²) in [6, 6.07) is 5.58. The third kappa shape index (κ3) is 2.94. The topological polar surface area (TPSA) is 38.7 Å². The monoisotopic (exact) mass is 342 g/mol. The van der Waals surface area contributed by atoms with Gasteiger partial charge in [-0.3, -0.25) is 0 Å². The maximum Gasteiger partial charge on any atom is 0.161 e. The van der Waals surface area contributed by atoms with E-state index < -0.39 is 6.10 Å². The maximum absolute atomic E-state index is 10.4. The quantitative estimate of drug-likeness (QED) is 0.915. The zero-order valence-corrected chi connectivity index (χ0v) is 13.3. The molecule has 0 bridgehead atoms. The van der Waals surface area contributed by atoms with Crippen molar-refractivity contribution < 1.29 is 14.6 Å². The van der Waals surface area contributed by atoms with Gasteiger partial charge in [-0.2, -0.15) is 0 Å². The van der Waals surface area contributed by atoms with Crippen molar-refractivity contribution in [3.8, 4) is 11.5 Å². The molecule has 0 amide bonds. The number of hydrogen-bond acceptors (Lipinski definition) is 4. The Morgan fingerprint density at radius 2 is 1.79 bits per heavy atom. The Morgan fingerprint density at radius 1 is 1.16 bits per heavy atom. The molecule has 1 atom stereocenters. The molecule has 0 saturated carbocycles. The Balaban J connectivity index is 2.44. The summed E-state index contributed by atoms with van der Waals surface area (Å²) in [4.78, 5) is 1.17. The van der Waals surface area contributed by atoms with Crippen molar-refractivity contribution >= 4 is 27.3 Å². The number of hydrogen-bond donors (Lipinski definition) is 1. The van der Waals surface area contributed by atoms with Gasteiger partial charge in [-0.05, 0) is 36.1 Å². The summed E-state index contributed by atoms with van der Waals surface area (Å²) in [5, 5.41) is 12.4. The highest BCUT2D eigenvalue weighted by atomic mass is 79.9. The fraction of sp³-hybridized carbons (Fsp3) is 0.286. The number of aryl methyl sites for hydroxylation is 1. The van der Waals surface area contributed by atoms with Crippen molar-refractivity contribution in [1.29, 1.82) is 0 Å². The fourth-order valence-corrected chi connectivity index (χ4v) is 3.13. The van der Waals surface area contributed by atoms with Crippen LogP contribution in [0.15, 0.2) is 28.1 Å². The van der Waals surface area contributed by atoms with Gasteiger partial charge in [0.2, 0.25) is 0 Å². The largest absolute Gasteiger partial charge is 0.493 e. The van der Waals surface area contributed by atoms with E-state index in [2.05, 4.69) is 15.9 Å². The molecule has 102 valence electrons. The minimum Gasteiger partial charge on any atom is -0.493 e. The van der Waals surface area contributed by atoms with Gasteiger partial charge in [0.15, 0.2) is 11.5 Å². The van der Waals surface area contributed by atoms with Crippen LogP contribution < -0.4 is 9.47 Å². The smallest absolute Gasteiger partial charge is 0.161 e. The molecule has 0 aliphatic rings. The van der Waals surface area contributed by atoms with Gasteiger partial charge in [0.25, 0.3) is 0 Å². The van der Waals surface area contributed by atoms with Crippen LogP contribution in [0, 0.1) is 6.92 Å². The predicted octanol–water partition coefficient (Wildman–Crippen LogP) is 3.92. The molecule has 1 aromatic carbocycles. The molecule has 0 radical (unpaired) electrons. The van der Waals surface area contributed by atoms with Crippen LogP contribution in [-0.4, -0.2) is 19.3 Å². The normalized spacial score (nSPS) is 12.3. The molecular formula is C14H15BrO3S. The van der Waals surface area contributed by atoms with Gasteiger partial charge < -0.3 is 14.6 Å². The molecule has 19 heavy (non-hydrogen) atoms. The Kier molecular flexibility index (Phi) is 4.50. The summed E-state index contributed by atoms with van der Waals surface area (Å²) >= 11 is 5.08. The van der Waals surface area contributed by atoms with Gasteiger partial charge in [0.05, 0.1) is 14.2 Å². The lowest BCUT2D eigenvalue weighted by atomic mass is 10.0. The van der Waals surface area contributed by atoms with Gasteiger partial charge in [-0.25, -0.2) is 0 Å². The summed E-state index contributed by atoms with van der Waals surface area (Å²) in [7, 11) is 3.17. The SMILES string of the molecule is COc1cc(Br)c(C(O)c2csc(C)c2)cc1OC. The average molecular weight is 343 g/mol. The summed E-state index contributed by atoms with van der Waals surface area (Å²) in [6.45, 7) is 2.02. The molecule has 0 aliphatic heterocycles. The number of aliphatic hydroxyl groups excluding tert-OH is 1. The third-order valence-corrected chi connectivity index (χ3v) is 4.43. The minimum atomic E-state index is -0.681. The average Bonchev–Trinajstić information content (AvgIpc) is 2.84. The van der Waals surface area contributed by atoms with Crippen LogP contribution in [0.4, 0.5) is 0 Å². The number of ether oxygens (including phenoxy) is 2. The van der Waals surface area contributed by atoms with E-state index in [1.165, 1.54) is 4.88 Å². The van der Waals surface area contributed by atoms with Crippen LogP contribution in [-0.2, 0) is 0 Å². The number of halogens is 1. The highest BCUT2D eigenvalue weighted by molar-refractivity contribution is 9.10. The second kappa shape index (κ2) is 5.94. The van der Waals surface area contributed by atoms with E-state index in [0.717, 1.165) is 15.6 Å². The fourth-order valence-electron chi connectivity index (χ4n) is 1.87. The van der Waals surface area contributed by atoms with Crippen LogP contribution in [0.25, 0.3) is 0 Å². The van der Waals surface area contributed by atoms with E-state index >= 15 is 0 Å². The molecule has 1 N–H and O–H groups in total. The maximum atomic E-state index is 10.4. The van der Waals surface area contributed by atoms with Crippen molar-refractivity contribution in [2.24, 2.45) is 0 Å². The van der Waals surface area contributed by atoms with Crippen molar-refractivity contribution in [2.75, 3.05) is 14.2 Å². The molecular weight excluding hydrogens is 328 g/mol. The third-order valence-electron chi connectivity index (χ3n) is 2.86. The lowest BCUT2D eigenvalue weighted by molar-refractivity contribution is 0.219. The number of thiophene rings is 1.